The summed E-state index contributed by atoms with van der Waals surface area (Å²) in [5.41, 5.74) is 1.48. The number of hydrogen-bond donors (Lipinski definition) is 2. The lowest BCUT2D eigenvalue weighted by molar-refractivity contribution is 0.0356. The van der Waals surface area contributed by atoms with Gasteiger partial charge in [-0.1, -0.05) is 37.8 Å². The normalized spacial score (nSPS) is 17.8. The van der Waals surface area contributed by atoms with Crippen LogP contribution in [0.5, 0.6) is 11.6 Å². The third-order valence-electron chi connectivity index (χ3n) is 6.28. The molecular weight excluding hydrogens is 472 g/mol. The summed E-state index contributed by atoms with van der Waals surface area (Å²) < 4.78 is 11.6. The Hall–Kier alpha value is -3.77. The van der Waals surface area contributed by atoms with Gasteiger partial charge in [0.2, 0.25) is 5.88 Å². The summed E-state index contributed by atoms with van der Waals surface area (Å²) in [7, 11) is 3.23. The lowest BCUT2D eigenvalue weighted by atomic mass is 10.00. The van der Waals surface area contributed by atoms with Crippen LogP contribution < -0.4 is 14.8 Å². The lowest BCUT2D eigenvalue weighted by Crippen LogP contribution is -2.50. The molecule has 0 aliphatic carbocycles. The molecule has 1 aliphatic heterocycles. The number of nitrogens with zero attached hydrogens (tertiary/aromatic N) is 3. The summed E-state index contributed by atoms with van der Waals surface area (Å²) in [5, 5.41) is 12.7. The largest absolute Gasteiger partial charge is 0.495 e. The van der Waals surface area contributed by atoms with Crippen molar-refractivity contribution >= 4 is 17.6 Å². The van der Waals surface area contributed by atoms with Crippen LogP contribution in [0, 0.1) is 17.8 Å². The first-order chi connectivity index (χ1) is 17.8. The van der Waals surface area contributed by atoms with Crippen molar-refractivity contribution < 1.29 is 24.2 Å². The van der Waals surface area contributed by atoms with Crippen LogP contribution in [0.4, 0.5) is 10.5 Å². The van der Waals surface area contributed by atoms with E-state index in [2.05, 4.69) is 22.1 Å². The van der Waals surface area contributed by atoms with Crippen molar-refractivity contribution in [3.05, 3.63) is 47.7 Å². The number of aliphatic hydroxyl groups excluding tert-OH is 1. The van der Waals surface area contributed by atoms with E-state index in [0.717, 1.165) is 12.8 Å². The predicted molar refractivity (Wildman–Crippen MR) is 142 cm³/mol. The zero-order valence-electron chi connectivity index (χ0n) is 22.2. The maximum atomic E-state index is 13.5. The molecule has 0 saturated carbocycles. The van der Waals surface area contributed by atoms with Crippen LogP contribution in [-0.4, -0.2) is 77.8 Å². The van der Waals surface area contributed by atoms with Gasteiger partial charge in [-0.3, -0.25) is 4.79 Å². The Balaban J connectivity index is 1.87. The topological polar surface area (TPSA) is 104 Å². The van der Waals surface area contributed by atoms with E-state index in [0.29, 0.717) is 29.1 Å². The highest BCUT2D eigenvalue weighted by Crippen LogP contribution is 2.28. The molecule has 1 aromatic heterocycles. The number of aromatic nitrogens is 1. The van der Waals surface area contributed by atoms with Crippen molar-refractivity contribution in [1.29, 1.82) is 0 Å². The highest BCUT2D eigenvalue weighted by Gasteiger charge is 2.34. The van der Waals surface area contributed by atoms with Crippen LogP contribution >= 0.6 is 0 Å². The number of aliphatic hydroxyl groups is 1. The minimum Gasteiger partial charge on any atom is -0.495 e. The number of carbonyl (C=O) groups excluding carboxylic acids is 2. The number of rotatable bonds is 7. The molecule has 3 rings (SSSR count). The van der Waals surface area contributed by atoms with Crippen LogP contribution in [0.15, 0.2) is 36.5 Å². The monoisotopic (exact) mass is 508 g/mol. The van der Waals surface area contributed by atoms with Crippen molar-refractivity contribution in [3.8, 4) is 23.5 Å². The first kappa shape index (κ1) is 27.8. The van der Waals surface area contributed by atoms with E-state index < -0.39 is 12.1 Å². The molecule has 0 spiro atoms. The van der Waals surface area contributed by atoms with Gasteiger partial charge in [-0.25, -0.2) is 9.78 Å². The molecule has 9 heteroatoms. The zero-order valence-corrected chi connectivity index (χ0v) is 22.2. The fourth-order valence-corrected chi connectivity index (χ4v) is 3.99. The molecule has 1 aliphatic rings. The van der Waals surface area contributed by atoms with Crippen molar-refractivity contribution in [3.63, 3.8) is 0 Å². The summed E-state index contributed by atoms with van der Waals surface area (Å²) in [6.45, 7) is 6.22. The first-order valence-corrected chi connectivity index (χ1v) is 12.5. The number of carbonyl (C=O) groups is 2. The smallest absolute Gasteiger partial charge is 0.321 e. The van der Waals surface area contributed by atoms with Gasteiger partial charge in [0.25, 0.3) is 5.91 Å². The van der Waals surface area contributed by atoms with Gasteiger partial charge in [-0.2, -0.15) is 0 Å². The fraction of sp³-hybridized carbons (Fsp3) is 0.464. The van der Waals surface area contributed by atoms with Gasteiger partial charge < -0.3 is 29.7 Å². The average molecular weight is 509 g/mol. The van der Waals surface area contributed by atoms with Crippen LogP contribution in [-0.2, 0) is 0 Å². The average Bonchev–Trinajstić information content (AvgIpc) is 2.90. The Morgan fingerprint density at radius 2 is 2.16 bits per heavy atom. The van der Waals surface area contributed by atoms with E-state index >= 15 is 0 Å². The quantitative estimate of drug-likeness (QED) is 0.554. The molecule has 3 atom stereocenters. The van der Waals surface area contributed by atoms with E-state index in [1.165, 1.54) is 4.90 Å². The minimum absolute atomic E-state index is 0.154. The summed E-state index contributed by atoms with van der Waals surface area (Å²) in [4.78, 5) is 34.0. The second-order valence-corrected chi connectivity index (χ2v) is 9.26. The molecule has 37 heavy (non-hydrogen) atoms. The predicted octanol–water partition coefficient (Wildman–Crippen LogP) is 3.63. The molecule has 2 N–H and O–H groups in total. The van der Waals surface area contributed by atoms with Gasteiger partial charge in [0, 0.05) is 37.7 Å². The lowest BCUT2D eigenvalue weighted by Gasteiger charge is -2.37. The molecule has 2 heterocycles. The number of hydrogen-bond acceptors (Lipinski definition) is 6. The summed E-state index contributed by atoms with van der Waals surface area (Å²) in [6, 6.07) is 8.14. The van der Waals surface area contributed by atoms with Gasteiger partial charge in [0.05, 0.1) is 32.0 Å². The van der Waals surface area contributed by atoms with Crippen LogP contribution in [0.2, 0.25) is 0 Å². The molecule has 0 radical (unpaired) electrons. The van der Waals surface area contributed by atoms with Crippen LogP contribution in [0.25, 0.3) is 0 Å². The molecule has 1 aromatic carbocycles. The number of anilines is 1. The molecule has 0 fully saturated rings. The van der Waals surface area contributed by atoms with E-state index in [9.17, 15) is 14.7 Å². The zero-order chi connectivity index (χ0) is 26.9. The third-order valence-corrected chi connectivity index (χ3v) is 6.28. The number of pyridine rings is 1. The van der Waals surface area contributed by atoms with Gasteiger partial charge in [0.15, 0.2) is 0 Å². The third kappa shape index (κ3) is 6.92. The Kier molecular flexibility index (Phi) is 9.75. The van der Waals surface area contributed by atoms with Gasteiger partial charge in [-0.05, 0) is 31.5 Å². The summed E-state index contributed by atoms with van der Waals surface area (Å²) >= 11 is 0. The maximum Gasteiger partial charge on any atom is 0.321 e. The van der Waals surface area contributed by atoms with Gasteiger partial charge >= 0.3 is 6.03 Å². The number of fused-ring (bicyclic) bond motifs is 1. The van der Waals surface area contributed by atoms with E-state index in [-0.39, 0.29) is 36.9 Å². The number of methoxy groups -OCH3 is 1. The molecule has 0 unspecified atom stereocenters. The van der Waals surface area contributed by atoms with E-state index in [4.69, 9.17) is 9.47 Å². The second kappa shape index (κ2) is 13.0. The van der Waals surface area contributed by atoms with Crippen molar-refractivity contribution in [1.82, 2.24) is 14.8 Å². The Bertz CT molecular complexity index is 1160. The van der Waals surface area contributed by atoms with E-state index in [1.807, 2.05) is 26.0 Å². The number of likely N-dealkylation sites (N-methyl/N-ethyl adjacent to an activating group) is 1. The molecule has 0 saturated heterocycles. The SMILES string of the molecule is CCCC#Cc1cnc2c(c1)C(=O)N([C@H](C)CO)C[C@@H](C)[C@@H](CN(C)C(=O)Nc1ccccc1OC)O2. The maximum absolute atomic E-state index is 13.5. The molecule has 2 aromatic rings. The summed E-state index contributed by atoms with van der Waals surface area (Å²) in [5.74, 6) is 6.45. The Labute approximate surface area is 218 Å². The number of nitrogens with one attached hydrogen (secondary N) is 1. The number of para-hydroxylation sites is 2. The van der Waals surface area contributed by atoms with Gasteiger partial charge in [-0.15, -0.1) is 0 Å². The highest BCUT2D eigenvalue weighted by molar-refractivity contribution is 5.97. The Morgan fingerprint density at radius 3 is 2.86 bits per heavy atom. The van der Waals surface area contributed by atoms with Gasteiger partial charge in [0.1, 0.15) is 17.4 Å². The number of urea groups is 1. The van der Waals surface area contributed by atoms with Crippen molar-refractivity contribution in [2.24, 2.45) is 5.92 Å². The van der Waals surface area contributed by atoms with Crippen molar-refractivity contribution in [2.75, 3.05) is 39.2 Å². The number of unbranched alkanes of at least 4 members (excludes halogenated alkanes) is 1. The minimum atomic E-state index is -0.460. The number of amides is 3. The van der Waals surface area contributed by atoms with Crippen molar-refractivity contribution in [2.45, 2.75) is 45.8 Å². The highest BCUT2D eigenvalue weighted by atomic mass is 16.5. The Morgan fingerprint density at radius 1 is 1.41 bits per heavy atom. The number of ether oxygens (including phenoxy) is 2. The van der Waals surface area contributed by atoms with Crippen LogP contribution in [0.3, 0.4) is 0 Å². The molecular formula is C28H36N4O5. The summed E-state index contributed by atoms with van der Waals surface area (Å²) in [6.07, 6.45) is 2.82. The second-order valence-electron chi connectivity index (χ2n) is 9.26. The molecule has 3 amide bonds. The molecule has 198 valence electrons. The first-order valence-electron chi connectivity index (χ1n) is 12.5. The fourth-order valence-electron chi connectivity index (χ4n) is 3.99. The number of benzene rings is 1. The molecule has 0 bridgehead atoms. The molecule has 9 nitrogen and oxygen atoms in total. The standard InChI is InChI=1S/C28H36N4O5/c1-6-7-8-11-21-14-22-26(29-15-21)37-25(19(2)16-32(27(22)34)20(3)18-33)17-31(4)28(35)30-23-12-9-10-13-24(23)36-5/h9-10,12-15,19-20,25,33H,6-7,16-18H2,1-5H3,(H,30,35)/t19-,20-,25-/m1/s1. The van der Waals surface area contributed by atoms with E-state index in [1.54, 1.807) is 50.4 Å². The van der Waals surface area contributed by atoms with Crippen LogP contribution in [0.1, 0.15) is 49.5 Å².